The fourth-order valence-electron chi connectivity index (χ4n) is 1.32. The van der Waals surface area contributed by atoms with Crippen molar-refractivity contribution in [3.8, 4) is 0 Å². The zero-order valence-corrected chi connectivity index (χ0v) is 9.92. The summed E-state index contributed by atoms with van der Waals surface area (Å²) in [5.41, 5.74) is 0. The minimum absolute atomic E-state index is 0.806. The van der Waals surface area contributed by atoms with Gasteiger partial charge in [-0.05, 0) is 18.4 Å². The normalized spacial score (nSPS) is 10.1. The van der Waals surface area contributed by atoms with Crippen LogP contribution in [0.25, 0.3) is 0 Å². The molecule has 16 heavy (non-hydrogen) atoms. The van der Waals surface area contributed by atoms with E-state index >= 15 is 0 Å². The fraction of sp³-hybridized carbons (Fsp3) is 0.273. The first kappa shape index (κ1) is 10.9. The van der Waals surface area contributed by atoms with Crippen molar-refractivity contribution in [3.63, 3.8) is 0 Å². The molecule has 0 fully saturated rings. The molecule has 4 nitrogen and oxygen atoms in total. The highest BCUT2D eigenvalue weighted by molar-refractivity contribution is 7.09. The molecule has 2 aromatic heterocycles. The Bertz CT molecular complexity index is 427. The van der Waals surface area contributed by atoms with Gasteiger partial charge in [0, 0.05) is 17.5 Å². The van der Waals surface area contributed by atoms with Crippen molar-refractivity contribution in [3.05, 3.63) is 34.8 Å². The van der Waals surface area contributed by atoms with Gasteiger partial charge in [-0.1, -0.05) is 6.07 Å². The highest BCUT2D eigenvalue weighted by atomic mass is 32.1. The SMILES string of the molecule is CCNc1cc(NCc2cccs2)ncn1. The number of aromatic nitrogens is 2. The summed E-state index contributed by atoms with van der Waals surface area (Å²) in [5, 5.41) is 8.49. The van der Waals surface area contributed by atoms with Crippen LogP contribution in [-0.2, 0) is 6.54 Å². The second-order valence-electron chi connectivity index (χ2n) is 3.25. The van der Waals surface area contributed by atoms with Gasteiger partial charge < -0.3 is 10.6 Å². The van der Waals surface area contributed by atoms with Gasteiger partial charge in [-0.3, -0.25) is 0 Å². The van der Waals surface area contributed by atoms with Gasteiger partial charge in [0.2, 0.25) is 0 Å². The minimum atomic E-state index is 0.806. The van der Waals surface area contributed by atoms with Crippen molar-refractivity contribution >= 4 is 23.0 Å². The molecule has 0 bridgehead atoms. The second kappa shape index (κ2) is 5.46. The monoisotopic (exact) mass is 234 g/mol. The fourth-order valence-corrected chi connectivity index (χ4v) is 1.97. The Labute approximate surface area is 98.8 Å². The third kappa shape index (κ3) is 2.93. The maximum Gasteiger partial charge on any atom is 0.131 e. The summed E-state index contributed by atoms with van der Waals surface area (Å²) in [6.07, 6.45) is 1.56. The molecule has 0 atom stereocenters. The lowest BCUT2D eigenvalue weighted by atomic mass is 10.4. The summed E-state index contributed by atoms with van der Waals surface area (Å²) in [6.45, 7) is 3.71. The quantitative estimate of drug-likeness (QED) is 0.835. The molecule has 2 N–H and O–H groups in total. The number of anilines is 2. The van der Waals surface area contributed by atoms with Crippen molar-refractivity contribution in [2.24, 2.45) is 0 Å². The molecule has 2 heterocycles. The number of nitrogens with one attached hydrogen (secondary N) is 2. The van der Waals surface area contributed by atoms with Crippen LogP contribution in [0.15, 0.2) is 29.9 Å². The number of rotatable bonds is 5. The van der Waals surface area contributed by atoms with Crippen LogP contribution >= 0.6 is 11.3 Å². The average Bonchev–Trinajstić information content (AvgIpc) is 2.80. The van der Waals surface area contributed by atoms with E-state index in [2.05, 4.69) is 32.0 Å². The summed E-state index contributed by atoms with van der Waals surface area (Å²) in [4.78, 5) is 9.57. The molecule has 0 saturated carbocycles. The molecule has 0 aliphatic rings. The van der Waals surface area contributed by atoms with Crippen molar-refractivity contribution in [2.75, 3.05) is 17.2 Å². The lowest BCUT2D eigenvalue weighted by Gasteiger charge is -2.06. The van der Waals surface area contributed by atoms with Crippen LogP contribution < -0.4 is 10.6 Å². The summed E-state index contributed by atoms with van der Waals surface area (Å²) in [6, 6.07) is 6.06. The Morgan fingerprint density at radius 2 is 2.06 bits per heavy atom. The summed E-state index contributed by atoms with van der Waals surface area (Å²) >= 11 is 1.74. The molecular formula is C11H14N4S. The molecule has 2 rings (SSSR count). The van der Waals surface area contributed by atoms with E-state index in [9.17, 15) is 0 Å². The predicted octanol–water partition coefficient (Wildman–Crippen LogP) is 2.58. The Hall–Kier alpha value is -1.62. The van der Waals surface area contributed by atoms with Crippen LogP contribution in [0.2, 0.25) is 0 Å². The maximum atomic E-state index is 4.16. The summed E-state index contributed by atoms with van der Waals surface area (Å²) in [5.74, 6) is 1.70. The van der Waals surface area contributed by atoms with E-state index in [-0.39, 0.29) is 0 Å². The molecule has 0 aliphatic carbocycles. The standard InChI is InChI=1S/C11H14N4S/c1-2-12-10-6-11(15-8-14-10)13-7-9-4-3-5-16-9/h3-6,8H,2,7H2,1H3,(H2,12,13,14,15). The van der Waals surface area contributed by atoms with Crippen LogP contribution in [0.5, 0.6) is 0 Å². The van der Waals surface area contributed by atoms with E-state index in [0.29, 0.717) is 0 Å². The molecule has 0 amide bonds. The zero-order valence-electron chi connectivity index (χ0n) is 9.10. The molecule has 0 radical (unpaired) electrons. The lowest BCUT2D eigenvalue weighted by Crippen LogP contribution is -2.03. The molecule has 0 aromatic carbocycles. The van der Waals surface area contributed by atoms with Crippen molar-refractivity contribution in [1.82, 2.24) is 9.97 Å². The molecule has 0 saturated heterocycles. The van der Waals surface area contributed by atoms with Crippen molar-refractivity contribution in [1.29, 1.82) is 0 Å². The Balaban J connectivity index is 1.96. The molecule has 0 spiro atoms. The first-order valence-corrected chi connectivity index (χ1v) is 6.08. The first-order valence-electron chi connectivity index (χ1n) is 5.20. The highest BCUT2D eigenvalue weighted by Crippen LogP contribution is 2.12. The van der Waals surface area contributed by atoms with Crippen LogP contribution in [0.1, 0.15) is 11.8 Å². The highest BCUT2D eigenvalue weighted by Gasteiger charge is 1.98. The van der Waals surface area contributed by atoms with E-state index in [1.807, 2.05) is 19.1 Å². The Morgan fingerprint density at radius 1 is 1.25 bits per heavy atom. The maximum absolute atomic E-state index is 4.16. The van der Waals surface area contributed by atoms with Crippen molar-refractivity contribution < 1.29 is 0 Å². The predicted molar refractivity (Wildman–Crippen MR) is 67.8 cm³/mol. The van der Waals surface area contributed by atoms with E-state index < -0.39 is 0 Å². The van der Waals surface area contributed by atoms with Gasteiger partial charge in [-0.15, -0.1) is 11.3 Å². The van der Waals surface area contributed by atoms with Crippen LogP contribution in [-0.4, -0.2) is 16.5 Å². The molecule has 84 valence electrons. The van der Waals surface area contributed by atoms with Gasteiger partial charge in [0.1, 0.15) is 18.0 Å². The average molecular weight is 234 g/mol. The third-order valence-electron chi connectivity index (χ3n) is 2.05. The van der Waals surface area contributed by atoms with Gasteiger partial charge in [-0.25, -0.2) is 9.97 Å². The van der Waals surface area contributed by atoms with Crippen LogP contribution in [0.4, 0.5) is 11.6 Å². The van der Waals surface area contributed by atoms with E-state index in [4.69, 9.17) is 0 Å². The van der Waals surface area contributed by atoms with E-state index in [1.54, 1.807) is 17.7 Å². The summed E-state index contributed by atoms with van der Waals surface area (Å²) in [7, 11) is 0. The smallest absolute Gasteiger partial charge is 0.131 e. The topological polar surface area (TPSA) is 49.8 Å². The van der Waals surface area contributed by atoms with Gasteiger partial charge in [0.25, 0.3) is 0 Å². The van der Waals surface area contributed by atoms with Crippen molar-refractivity contribution in [2.45, 2.75) is 13.5 Å². The summed E-state index contributed by atoms with van der Waals surface area (Å²) < 4.78 is 0. The van der Waals surface area contributed by atoms with E-state index in [0.717, 1.165) is 24.7 Å². The number of nitrogens with zero attached hydrogens (tertiary/aromatic N) is 2. The van der Waals surface area contributed by atoms with Gasteiger partial charge in [0.05, 0.1) is 6.54 Å². The van der Waals surface area contributed by atoms with Gasteiger partial charge in [-0.2, -0.15) is 0 Å². The van der Waals surface area contributed by atoms with E-state index in [1.165, 1.54) is 4.88 Å². The van der Waals surface area contributed by atoms with Crippen LogP contribution in [0.3, 0.4) is 0 Å². The zero-order chi connectivity index (χ0) is 11.2. The molecule has 0 aliphatic heterocycles. The molecule has 0 unspecified atom stereocenters. The van der Waals surface area contributed by atoms with Crippen LogP contribution in [0, 0.1) is 0 Å². The molecule has 5 heteroatoms. The first-order chi connectivity index (χ1) is 7.88. The Kier molecular flexibility index (Phi) is 3.71. The van der Waals surface area contributed by atoms with Gasteiger partial charge in [0.15, 0.2) is 0 Å². The Morgan fingerprint density at radius 3 is 2.75 bits per heavy atom. The number of thiophene rings is 1. The minimum Gasteiger partial charge on any atom is -0.370 e. The number of hydrogen-bond donors (Lipinski definition) is 2. The molecular weight excluding hydrogens is 220 g/mol. The second-order valence-corrected chi connectivity index (χ2v) is 4.28. The third-order valence-corrected chi connectivity index (χ3v) is 2.93. The van der Waals surface area contributed by atoms with Gasteiger partial charge >= 0.3 is 0 Å². The largest absolute Gasteiger partial charge is 0.370 e. The lowest BCUT2D eigenvalue weighted by molar-refractivity contribution is 1.08. The molecule has 2 aromatic rings. The number of hydrogen-bond acceptors (Lipinski definition) is 5.